The van der Waals surface area contributed by atoms with Crippen LogP contribution in [0.15, 0.2) is 81.8 Å². The van der Waals surface area contributed by atoms with E-state index in [1.807, 2.05) is 47.8 Å². The van der Waals surface area contributed by atoms with Gasteiger partial charge in [-0.25, -0.2) is 13.4 Å². The summed E-state index contributed by atoms with van der Waals surface area (Å²) in [5.74, 6) is 0.190. The number of sulfonamides is 1. The SMILES string of the molecule is CC(=O)OC(C)(C)COc1cccc(CN(Cc2ccc(-c3nccs3)cc2)S(=O)(=O)c2cccs2)c1. The molecule has 0 unspecified atom stereocenters. The lowest BCUT2D eigenvalue weighted by Gasteiger charge is -2.25. The minimum atomic E-state index is -3.73. The molecule has 2 aromatic carbocycles. The lowest BCUT2D eigenvalue weighted by Crippen LogP contribution is -2.34. The lowest BCUT2D eigenvalue weighted by molar-refractivity contribution is -0.156. The van der Waals surface area contributed by atoms with Gasteiger partial charge in [-0.05, 0) is 48.6 Å². The fourth-order valence-corrected chi connectivity index (χ4v) is 6.90. The summed E-state index contributed by atoms with van der Waals surface area (Å²) < 4.78 is 40.0. The van der Waals surface area contributed by atoms with Crippen molar-refractivity contribution in [1.82, 2.24) is 9.29 Å². The van der Waals surface area contributed by atoms with Crippen molar-refractivity contribution in [2.24, 2.45) is 0 Å². The van der Waals surface area contributed by atoms with Gasteiger partial charge in [0, 0.05) is 37.2 Å². The van der Waals surface area contributed by atoms with Crippen LogP contribution in [0.5, 0.6) is 5.75 Å². The quantitative estimate of drug-likeness (QED) is 0.211. The molecule has 4 rings (SSSR count). The van der Waals surface area contributed by atoms with Crippen LogP contribution in [-0.2, 0) is 32.6 Å². The monoisotopic (exact) mass is 556 g/mol. The molecule has 0 aliphatic rings. The van der Waals surface area contributed by atoms with Crippen molar-refractivity contribution in [3.63, 3.8) is 0 Å². The highest BCUT2D eigenvalue weighted by Crippen LogP contribution is 2.27. The van der Waals surface area contributed by atoms with Crippen LogP contribution in [0.4, 0.5) is 0 Å². The molecule has 0 N–H and O–H groups in total. The molecule has 0 saturated carbocycles. The van der Waals surface area contributed by atoms with Gasteiger partial charge in [-0.15, -0.1) is 22.7 Å². The van der Waals surface area contributed by atoms with Gasteiger partial charge in [-0.3, -0.25) is 4.79 Å². The molecule has 0 aliphatic carbocycles. The third-order valence-electron chi connectivity index (χ3n) is 5.35. The summed E-state index contributed by atoms with van der Waals surface area (Å²) in [6, 6.07) is 18.4. The van der Waals surface area contributed by atoms with E-state index in [0.717, 1.165) is 21.7 Å². The van der Waals surface area contributed by atoms with E-state index in [2.05, 4.69) is 4.98 Å². The number of rotatable bonds is 11. The van der Waals surface area contributed by atoms with Gasteiger partial charge < -0.3 is 9.47 Å². The number of hydrogen-bond donors (Lipinski definition) is 0. The van der Waals surface area contributed by atoms with E-state index in [0.29, 0.717) is 9.96 Å². The van der Waals surface area contributed by atoms with Crippen LogP contribution in [-0.4, -0.2) is 35.9 Å². The fourth-order valence-electron chi connectivity index (χ4n) is 3.70. The van der Waals surface area contributed by atoms with Crippen molar-refractivity contribution in [1.29, 1.82) is 0 Å². The Hall–Kier alpha value is -3.05. The standard InChI is InChI=1S/C27H28N2O5S3/c1-20(30)34-27(2,3)19-33-24-7-4-6-22(16-24)18-29(37(31,32)25-8-5-14-35-25)17-21-9-11-23(12-10-21)26-28-13-15-36-26/h4-16H,17-19H2,1-3H3. The molecule has 2 aromatic heterocycles. The Kier molecular flexibility index (Phi) is 8.43. The molecule has 7 nitrogen and oxygen atoms in total. The lowest BCUT2D eigenvalue weighted by atomic mass is 10.1. The summed E-state index contributed by atoms with van der Waals surface area (Å²) in [6.45, 7) is 5.44. The number of hydrogen-bond acceptors (Lipinski definition) is 8. The molecule has 2 heterocycles. The molecule has 0 aliphatic heterocycles. The number of thiazole rings is 1. The van der Waals surface area contributed by atoms with Crippen LogP contribution < -0.4 is 4.74 Å². The van der Waals surface area contributed by atoms with Crippen molar-refractivity contribution in [2.75, 3.05) is 6.61 Å². The Morgan fingerprint density at radius 1 is 0.973 bits per heavy atom. The molecule has 0 atom stereocenters. The van der Waals surface area contributed by atoms with Gasteiger partial charge in [-0.2, -0.15) is 4.31 Å². The first-order valence-electron chi connectivity index (χ1n) is 11.6. The first-order valence-corrected chi connectivity index (χ1v) is 14.8. The highest BCUT2D eigenvalue weighted by atomic mass is 32.2. The van der Waals surface area contributed by atoms with Crippen molar-refractivity contribution < 1.29 is 22.7 Å². The van der Waals surface area contributed by atoms with E-state index in [4.69, 9.17) is 9.47 Å². The molecular formula is C27H28N2O5S3. The van der Waals surface area contributed by atoms with Gasteiger partial charge >= 0.3 is 5.97 Å². The van der Waals surface area contributed by atoms with Crippen LogP contribution in [0.2, 0.25) is 0 Å². The molecule has 0 spiro atoms. The molecule has 37 heavy (non-hydrogen) atoms. The number of benzene rings is 2. The molecule has 10 heteroatoms. The minimum Gasteiger partial charge on any atom is -0.489 e. The molecular weight excluding hydrogens is 529 g/mol. The average Bonchev–Trinajstić information content (AvgIpc) is 3.57. The van der Waals surface area contributed by atoms with Crippen molar-refractivity contribution in [3.8, 4) is 16.3 Å². The van der Waals surface area contributed by atoms with Gasteiger partial charge in [-0.1, -0.05) is 42.5 Å². The molecule has 194 valence electrons. The molecule has 4 aromatic rings. The number of carbonyl (C=O) groups excluding carboxylic acids is 1. The number of ether oxygens (including phenoxy) is 2. The normalized spacial score (nSPS) is 12.0. The number of thiophene rings is 1. The highest BCUT2D eigenvalue weighted by molar-refractivity contribution is 7.91. The third kappa shape index (κ3) is 7.26. The first-order chi connectivity index (χ1) is 17.6. The van der Waals surface area contributed by atoms with Crippen LogP contribution >= 0.6 is 22.7 Å². The molecule has 0 radical (unpaired) electrons. The zero-order valence-corrected chi connectivity index (χ0v) is 23.2. The predicted octanol–water partition coefficient (Wildman–Crippen LogP) is 5.98. The van der Waals surface area contributed by atoms with Crippen molar-refractivity contribution in [2.45, 2.75) is 43.7 Å². The Bertz CT molecular complexity index is 1420. The number of carbonyl (C=O) groups is 1. The van der Waals surface area contributed by atoms with Gasteiger partial charge in [0.15, 0.2) is 0 Å². The maximum atomic E-state index is 13.5. The minimum absolute atomic E-state index is 0.165. The summed E-state index contributed by atoms with van der Waals surface area (Å²) in [7, 11) is -3.73. The Balaban J connectivity index is 1.54. The molecule has 0 fully saturated rings. The Morgan fingerprint density at radius 3 is 2.38 bits per heavy atom. The fraction of sp³-hybridized carbons (Fsp3) is 0.259. The summed E-state index contributed by atoms with van der Waals surface area (Å²) in [6.07, 6.45) is 1.76. The first kappa shape index (κ1) is 27.0. The van der Waals surface area contributed by atoms with Gasteiger partial charge in [0.2, 0.25) is 0 Å². The molecule has 0 saturated heterocycles. The second-order valence-corrected chi connectivity index (χ2v) is 13.0. The van der Waals surface area contributed by atoms with Gasteiger partial charge in [0.1, 0.15) is 27.2 Å². The number of aromatic nitrogens is 1. The van der Waals surface area contributed by atoms with E-state index in [-0.39, 0.29) is 25.7 Å². The summed E-state index contributed by atoms with van der Waals surface area (Å²) >= 11 is 2.75. The number of nitrogens with zero attached hydrogens (tertiary/aromatic N) is 2. The zero-order valence-electron chi connectivity index (χ0n) is 20.8. The maximum Gasteiger partial charge on any atom is 0.303 e. The smallest absolute Gasteiger partial charge is 0.303 e. The molecule has 0 bridgehead atoms. The van der Waals surface area contributed by atoms with Crippen LogP contribution in [0.1, 0.15) is 31.9 Å². The van der Waals surface area contributed by atoms with Gasteiger partial charge in [0.25, 0.3) is 10.0 Å². The van der Waals surface area contributed by atoms with Crippen LogP contribution in [0, 0.1) is 0 Å². The number of esters is 1. The Labute approximate surface area is 225 Å². The topological polar surface area (TPSA) is 85.8 Å². The maximum absolute atomic E-state index is 13.5. The largest absolute Gasteiger partial charge is 0.489 e. The average molecular weight is 557 g/mol. The van der Waals surface area contributed by atoms with E-state index in [9.17, 15) is 13.2 Å². The van der Waals surface area contributed by atoms with E-state index in [1.54, 1.807) is 55.0 Å². The van der Waals surface area contributed by atoms with E-state index in [1.165, 1.54) is 22.6 Å². The second-order valence-electron chi connectivity index (χ2n) is 9.03. The Morgan fingerprint density at radius 2 is 1.73 bits per heavy atom. The van der Waals surface area contributed by atoms with Crippen molar-refractivity contribution in [3.05, 3.63) is 88.7 Å². The summed E-state index contributed by atoms with van der Waals surface area (Å²) in [4.78, 5) is 15.7. The van der Waals surface area contributed by atoms with Crippen molar-refractivity contribution >= 4 is 38.7 Å². The summed E-state index contributed by atoms with van der Waals surface area (Å²) in [5, 5.41) is 4.60. The molecule has 0 amide bonds. The van der Waals surface area contributed by atoms with E-state index >= 15 is 0 Å². The zero-order chi connectivity index (χ0) is 26.5. The predicted molar refractivity (Wildman–Crippen MR) is 146 cm³/mol. The summed E-state index contributed by atoms with van der Waals surface area (Å²) in [5.41, 5.74) is 1.85. The highest BCUT2D eigenvalue weighted by Gasteiger charge is 2.26. The third-order valence-corrected chi connectivity index (χ3v) is 9.33. The van der Waals surface area contributed by atoms with Gasteiger partial charge in [0.05, 0.1) is 0 Å². The van der Waals surface area contributed by atoms with Crippen LogP contribution in [0.25, 0.3) is 10.6 Å². The van der Waals surface area contributed by atoms with Crippen LogP contribution in [0.3, 0.4) is 0 Å². The van der Waals surface area contributed by atoms with E-state index < -0.39 is 15.6 Å². The second kappa shape index (κ2) is 11.6.